The van der Waals surface area contributed by atoms with Gasteiger partial charge >= 0.3 is 0 Å². The molecule has 0 bridgehead atoms. The molecule has 0 aromatic heterocycles. The maximum absolute atomic E-state index is 15.4. The first-order valence-corrected chi connectivity index (χ1v) is 14.2. The number of nitrogens with one attached hydrogen (secondary N) is 2. The second kappa shape index (κ2) is 13.9. The van der Waals surface area contributed by atoms with Gasteiger partial charge in [-0.05, 0) is 69.6 Å². The van der Waals surface area contributed by atoms with E-state index in [-0.39, 0.29) is 18.2 Å². The Morgan fingerprint density at radius 1 is 1.16 bits per heavy atom. The summed E-state index contributed by atoms with van der Waals surface area (Å²) in [5, 5.41) is 16.6. The van der Waals surface area contributed by atoms with E-state index in [4.69, 9.17) is 4.74 Å². The fourth-order valence-electron chi connectivity index (χ4n) is 5.90. The summed E-state index contributed by atoms with van der Waals surface area (Å²) in [5.74, 6) is -0.662. The summed E-state index contributed by atoms with van der Waals surface area (Å²) in [6.45, 7) is 17.2. The number of ether oxygens (including phenoxy) is 1. The number of hydrogen-bond acceptors (Lipinski definition) is 5. The monoisotopic (exact) mass is 527 g/mol. The average molecular weight is 528 g/mol. The van der Waals surface area contributed by atoms with Gasteiger partial charge in [0.25, 0.3) is 5.91 Å². The molecule has 4 atom stereocenters. The lowest BCUT2D eigenvalue weighted by atomic mass is 10.0. The van der Waals surface area contributed by atoms with Crippen molar-refractivity contribution in [1.82, 2.24) is 15.5 Å². The van der Waals surface area contributed by atoms with Crippen molar-refractivity contribution in [3.8, 4) is 5.75 Å². The second-order valence-corrected chi connectivity index (χ2v) is 10.4. The topological polar surface area (TPSA) is 73.8 Å². The molecule has 1 fully saturated rings. The number of carbonyl (C=O) groups excluding carboxylic acids is 1. The Labute approximate surface area is 228 Å². The Hall–Kier alpha value is -2.64. The second-order valence-electron chi connectivity index (χ2n) is 10.4. The molecule has 1 heterocycles. The van der Waals surface area contributed by atoms with E-state index in [1.807, 2.05) is 13.0 Å². The lowest BCUT2D eigenvalue weighted by Crippen LogP contribution is -2.41. The van der Waals surface area contributed by atoms with Crippen molar-refractivity contribution in [3.05, 3.63) is 59.5 Å². The summed E-state index contributed by atoms with van der Waals surface area (Å²) in [5.41, 5.74) is 3.80. The fraction of sp³-hybridized carbons (Fsp3) is 0.581. The zero-order chi connectivity index (χ0) is 27.8. The number of benzene rings is 1. The molecule has 3 rings (SSSR count). The lowest BCUT2D eigenvalue weighted by Gasteiger charge is -2.34. The molecule has 0 spiro atoms. The van der Waals surface area contributed by atoms with E-state index >= 15 is 4.39 Å². The number of aliphatic hydroxyl groups is 1. The molecular weight excluding hydrogens is 481 g/mol. The van der Waals surface area contributed by atoms with Gasteiger partial charge in [0, 0.05) is 42.5 Å². The van der Waals surface area contributed by atoms with Crippen molar-refractivity contribution in [2.24, 2.45) is 0 Å². The van der Waals surface area contributed by atoms with Gasteiger partial charge in [0.15, 0.2) is 0 Å². The Bertz CT molecular complexity index is 1030. The summed E-state index contributed by atoms with van der Waals surface area (Å²) in [6.07, 6.45) is 8.07. The van der Waals surface area contributed by atoms with Crippen molar-refractivity contribution < 1.29 is 19.0 Å². The molecule has 1 saturated heterocycles. The van der Waals surface area contributed by atoms with E-state index in [0.29, 0.717) is 42.2 Å². The molecule has 1 aromatic rings. The first-order valence-electron chi connectivity index (χ1n) is 14.2. The van der Waals surface area contributed by atoms with Gasteiger partial charge in [-0.25, -0.2) is 4.39 Å². The van der Waals surface area contributed by atoms with Crippen LogP contribution in [0.3, 0.4) is 0 Å². The number of amides is 1. The molecular formula is C31H46FN3O3. The molecule has 2 aliphatic rings. The summed E-state index contributed by atoms with van der Waals surface area (Å²) < 4.78 is 21.2. The van der Waals surface area contributed by atoms with Crippen molar-refractivity contribution in [2.45, 2.75) is 96.9 Å². The number of rotatable bonds is 14. The minimum atomic E-state index is -0.775. The van der Waals surface area contributed by atoms with Crippen molar-refractivity contribution in [3.63, 3.8) is 0 Å². The predicted octanol–water partition coefficient (Wildman–Crippen LogP) is 5.58. The highest BCUT2D eigenvalue weighted by Crippen LogP contribution is 2.37. The van der Waals surface area contributed by atoms with Crippen molar-refractivity contribution in [2.75, 3.05) is 19.7 Å². The Morgan fingerprint density at radius 3 is 2.39 bits per heavy atom. The molecule has 210 valence electrons. The average Bonchev–Trinajstić information content (AvgIpc) is 3.54. The molecule has 1 aliphatic carbocycles. The Kier molecular flexibility index (Phi) is 11.0. The molecule has 7 heteroatoms. The molecule has 1 amide bonds. The van der Waals surface area contributed by atoms with Crippen molar-refractivity contribution in [1.29, 1.82) is 0 Å². The first-order chi connectivity index (χ1) is 18.3. The van der Waals surface area contributed by atoms with E-state index < -0.39 is 17.8 Å². The molecule has 4 unspecified atom stereocenters. The summed E-state index contributed by atoms with van der Waals surface area (Å²) in [6, 6.07) is 3.76. The van der Waals surface area contributed by atoms with Crippen LogP contribution in [0.1, 0.15) is 88.6 Å². The maximum Gasteiger partial charge on any atom is 0.255 e. The third-order valence-corrected chi connectivity index (χ3v) is 8.03. The van der Waals surface area contributed by atoms with Crippen LogP contribution in [0.4, 0.5) is 4.39 Å². The van der Waals surface area contributed by atoms with Crippen LogP contribution in [0, 0.1) is 5.82 Å². The minimum Gasteiger partial charge on any atom is -0.493 e. The van der Waals surface area contributed by atoms with Crippen LogP contribution in [0.15, 0.2) is 42.5 Å². The van der Waals surface area contributed by atoms with E-state index in [9.17, 15) is 9.90 Å². The molecule has 6 nitrogen and oxygen atoms in total. The van der Waals surface area contributed by atoms with Crippen LogP contribution in [0.5, 0.6) is 5.75 Å². The molecule has 38 heavy (non-hydrogen) atoms. The number of likely N-dealkylation sites (tertiary alicyclic amines) is 1. The summed E-state index contributed by atoms with van der Waals surface area (Å²) >= 11 is 0. The largest absolute Gasteiger partial charge is 0.493 e. The Morgan fingerprint density at radius 2 is 1.84 bits per heavy atom. The highest BCUT2D eigenvalue weighted by molar-refractivity contribution is 5.97. The van der Waals surface area contributed by atoms with Crippen LogP contribution in [0.2, 0.25) is 0 Å². The van der Waals surface area contributed by atoms with Gasteiger partial charge in [-0.2, -0.15) is 0 Å². The summed E-state index contributed by atoms with van der Waals surface area (Å²) in [4.78, 5) is 15.3. The van der Waals surface area contributed by atoms with E-state index in [0.717, 1.165) is 44.9 Å². The van der Waals surface area contributed by atoms with Crippen LogP contribution < -0.4 is 15.4 Å². The predicted molar refractivity (Wildman–Crippen MR) is 153 cm³/mol. The highest BCUT2D eigenvalue weighted by atomic mass is 19.1. The van der Waals surface area contributed by atoms with Gasteiger partial charge in [0.05, 0.1) is 18.3 Å². The quantitative estimate of drug-likeness (QED) is 0.294. The zero-order valence-corrected chi connectivity index (χ0v) is 23.6. The van der Waals surface area contributed by atoms with Gasteiger partial charge < -0.3 is 25.4 Å². The number of aliphatic hydroxyl groups excluding tert-OH is 1. The van der Waals surface area contributed by atoms with Gasteiger partial charge in [0.2, 0.25) is 0 Å². The van der Waals surface area contributed by atoms with Crippen molar-refractivity contribution >= 4 is 11.6 Å². The third-order valence-electron chi connectivity index (χ3n) is 8.03. The van der Waals surface area contributed by atoms with Crippen LogP contribution >= 0.6 is 0 Å². The molecule has 3 N–H and O–H groups in total. The Balaban J connectivity index is 1.65. The lowest BCUT2D eigenvalue weighted by molar-refractivity contribution is 0.0909. The molecule has 1 aromatic carbocycles. The zero-order valence-electron chi connectivity index (χ0n) is 23.6. The normalized spacial score (nSPS) is 22.1. The highest BCUT2D eigenvalue weighted by Gasteiger charge is 2.33. The van der Waals surface area contributed by atoms with E-state index in [2.05, 4.69) is 49.5 Å². The number of carbonyl (C=O) groups is 1. The van der Waals surface area contributed by atoms with Crippen LogP contribution in [-0.2, 0) is 0 Å². The third kappa shape index (κ3) is 6.86. The van der Waals surface area contributed by atoms with Crippen LogP contribution in [-0.4, -0.2) is 59.8 Å². The van der Waals surface area contributed by atoms with E-state index in [1.54, 1.807) is 6.07 Å². The number of nitrogens with zero attached hydrogens (tertiary/aromatic N) is 1. The van der Waals surface area contributed by atoms with Gasteiger partial charge in [-0.15, -0.1) is 0 Å². The SMILES string of the molecule is C=CC1=C(CC)CC(NCC(O)CNC(=O)c2cc(F)c(C(=C)N3C(CC)CCC3CC)cc2OCC)C1. The number of allylic oxidation sites excluding steroid dienone is 1. The van der Waals surface area contributed by atoms with E-state index in [1.165, 1.54) is 17.2 Å². The number of hydrogen-bond donors (Lipinski definition) is 3. The summed E-state index contributed by atoms with van der Waals surface area (Å²) in [7, 11) is 0. The molecule has 0 radical (unpaired) electrons. The minimum absolute atomic E-state index is 0.0483. The van der Waals surface area contributed by atoms with Gasteiger partial charge in [0.1, 0.15) is 11.6 Å². The molecule has 0 saturated carbocycles. The maximum atomic E-state index is 15.4. The standard InChI is InChI=1S/C31H46FN3O3/c1-7-21-14-23(15-22(21)8-2)33-18-26(36)19-34-31(37)28-16-29(32)27(17-30(28)38-11-5)20(6)35-24(9-3)12-13-25(35)10-4/h7,16-17,23-26,33,36H,1,6,8-15,18-19H2,2-5H3,(H,34,37). The molecule has 1 aliphatic heterocycles. The first kappa shape index (κ1) is 29.9. The van der Waals surface area contributed by atoms with Gasteiger partial charge in [-0.3, -0.25) is 4.79 Å². The number of halogens is 1. The fourth-order valence-corrected chi connectivity index (χ4v) is 5.90. The smallest absolute Gasteiger partial charge is 0.255 e. The van der Waals surface area contributed by atoms with Crippen LogP contribution in [0.25, 0.3) is 5.70 Å². The van der Waals surface area contributed by atoms with Gasteiger partial charge in [-0.1, -0.05) is 45.6 Å².